The maximum Gasteiger partial charge on any atom is 0.0994 e. The minimum Gasteiger partial charge on any atom is -0.198 e. The fraction of sp³-hybridized carbons (Fsp3) is 0.385. The van der Waals surface area contributed by atoms with Crippen LogP contribution in [0.1, 0.15) is 37.5 Å². The fourth-order valence-corrected chi connectivity index (χ4v) is 2.05. The zero-order chi connectivity index (χ0) is 12.3. The Hall–Kier alpha value is -1.51. The summed E-state index contributed by atoms with van der Waals surface area (Å²) >= 11 is 6.08. The Morgan fingerprint density at radius 2 is 1.88 bits per heavy atom. The third-order valence-electron chi connectivity index (χ3n) is 2.38. The molecule has 0 aliphatic heterocycles. The predicted octanol–water partition coefficient (Wildman–Crippen LogP) is 3.58. The maximum absolute atomic E-state index is 9.09. The molecule has 2 nitrogen and oxygen atoms in total. The Labute approximate surface area is 101 Å². The highest BCUT2D eigenvalue weighted by Gasteiger charge is 2.23. The van der Waals surface area contributed by atoms with E-state index in [-0.39, 0.29) is 11.8 Å². The van der Waals surface area contributed by atoms with Gasteiger partial charge in [-0.3, -0.25) is 0 Å². The predicted molar refractivity (Wildman–Crippen MR) is 64.2 cm³/mol. The lowest BCUT2D eigenvalue weighted by atomic mass is 9.80. The summed E-state index contributed by atoms with van der Waals surface area (Å²) in [5.74, 6) is 0. The van der Waals surface area contributed by atoms with Crippen molar-refractivity contribution in [1.82, 2.24) is 0 Å². The van der Waals surface area contributed by atoms with Crippen molar-refractivity contribution in [1.29, 1.82) is 10.5 Å². The molecule has 0 saturated heterocycles. The average molecular weight is 233 g/mol. The maximum atomic E-state index is 9.09. The summed E-state index contributed by atoms with van der Waals surface area (Å²) < 4.78 is 0. The lowest BCUT2D eigenvalue weighted by Crippen LogP contribution is -2.16. The molecule has 0 spiro atoms. The van der Waals surface area contributed by atoms with Crippen molar-refractivity contribution in [3.05, 3.63) is 33.8 Å². The number of hydrogen-bond donors (Lipinski definition) is 0. The Morgan fingerprint density at radius 3 is 2.31 bits per heavy atom. The smallest absolute Gasteiger partial charge is 0.0994 e. The number of hydrogen-bond acceptors (Lipinski definition) is 2. The van der Waals surface area contributed by atoms with E-state index in [1.165, 1.54) is 0 Å². The van der Waals surface area contributed by atoms with E-state index < -0.39 is 0 Å². The summed E-state index contributed by atoms with van der Waals surface area (Å²) in [5, 5.41) is 18.5. The average Bonchev–Trinajstić information content (AvgIpc) is 2.19. The van der Waals surface area contributed by atoms with Crippen LogP contribution in [0.15, 0.2) is 12.1 Å². The van der Waals surface area contributed by atoms with Crippen molar-refractivity contribution in [2.24, 2.45) is 0 Å². The molecule has 1 aromatic carbocycles. The molecule has 0 radical (unpaired) electrons. The minimum absolute atomic E-state index is 0.192. The van der Waals surface area contributed by atoms with Gasteiger partial charge in [-0.15, -0.1) is 0 Å². The van der Waals surface area contributed by atoms with Gasteiger partial charge in [-0.2, -0.15) is 10.5 Å². The van der Waals surface area contributed by atoms with E-state index in [1.807, 2.05) is 20.8 Å². The zero-order valence-corrected chi connectivity index (χ0v) is 10.4. The molecule has 0 aliphatic carbocycles. The third kappa shape index (κ3) is 2.35. The van der Waals surface area contributed by atoms with Crippen LogP contribution in [0.25, 0.3) is 0 Å². The van der Waals surface area contributed by atoms with E-state index in [4.69, 9.17) is 22.1 Å². The van der Waals surface area contributed by atoms with Crippen LogP contribution >= 0.6 is 11.6 Å². The van der Waals surface area contributed by atoms with Crippen LogP contribution in [0.4, 0.5) is 0 Å². The lowest BCUT2D eigenvalue weighted by Gasteiger charge is -2.24. The molecule has 1 aromatic rings. The van der Waals surface area contributed by atoms with Gasteiger partial charge in [0.25, 0.3) is 0 Å². The van der Waals surface area contributed by atoms with Gasteiger partial charge >= 0.3 is 0 Å². The zero-order valence-electron chi connectivity index (χ0n) is 9.63. The van der Waals surface area contributed by atoms with Crippen molar-refractivity contribution in [3.63, 3.8) is 0 Å². The van der Waals surface area contributed by atoms with Crippen LogP contribution in [0.5, 0.6) is 0 Å². The van der Waals surface area contributed by atoms with Gasteiger partial charge < -0.3 is 0 Å². The van der Waals surface area contributed by atoms with E-state index in [2.05, 4.69) is 12.1 Å². The van der Waals surface area contributed by atoms with Crippen LogP contribution in [-0.2, 0) is 11.8 Å². The summed E-state index contributed by atoms with van der Waals surface area (Å²) in [6.07, 6.45) is 0.237. The Kier molecular flexibility index (Phi) is 3.58. The second-order valence-corrected chi connectivity index (χ2v) is 5.05. The van der Waals surface area contributed by atoms with Crippen LogP contribution in [0.3, 0.4) is 0 Å². The lowest BCUT2D eigenvalue weighted by molar-refractivity contribution is 0.583. The van der Waals surface area contributed by atoms with Crippen LogP contribution in [0, 0.1) is 22.7 Å². The molecular weight excluding hydrogens is 220 g/mol. The van der Waals surface area contributed by atoms with E-state index in [9.17, 15) is 0 Å². The number of halogens is 1. The summed E-state index contributed by atoms with van der Waals surface area (Å²) in [6, 6.07) is 7.65. The molecule has 1 rings (SSSR count). The highest BCUT2D eigenvalue weighted by molar-refractivity contribution is 6.31. The van der Waals surface area contributed by atoms with Gasteiger partial charge in [-0.25, -0.2) is 0 Å². The molecule has 16 heavy (non-hydrogen) atoms. The normalized spacial score (nSPS) is 10.6. The first-order valence-electron chi connectivity index (χ1n) is 5.00. The van der Waals surface area contributed by atoms with E-state index in [1.54, 1.807) is 12.1 Å². The SMILES string of the molecule is CC(C)(C)c1c(C#N)ccc(Cl)c1CC#N. The molecule has 0 atom stereocenters. The number of nitrogens with zero attached hydrogens (tertiary/aromatic N) is 2. The van der Waals surface area contributed by atoms with Crippen molar-refractivity contribution in [3.8, 4) is 12.1 Å². The highest BCUT2D eigenvalue weighted by atomic mass is 35.5. The van der Waals surface area contributed by atoms with Gasteiger partial charge in [0.2, 0.25) is 0 Å². The van der Waals surface area contributed by atoms with E-state index >= 15 is 0 Å². The highest BCUT2D eigenvalue weighted by Crippen LogP contribution is 2.33. The van der Waals surface area contributed by atoms with Gasteiger partial charge in [0.05, 0.1) is 24.1 Å². The van der Waals surface area contributed by atoms with Crippen LogP contribution in [0.2, 0.25) is 5.02 Å². The number of benzene rings is 1. The molecule has 0 aromatic heterocycles. The standard InChI is InChI=1S/C13H13ClN2/c1-13(2,3)12-9(8-16)4-5-11(14)10(12)6-7-15/h4-5H,6H2,1-3H3. The quantitative estimate of drug-likeness (QED) is 0.743. The number of nitriles is 2. The summed E-state index contributed by atoms with van der Waals surface area (Å²) in [4.78, 5) is 0. The van der Waals surface area contributed by atoms with Crippen LogP contribution < -0.4 is 0 Å². The molecule has 0 unspecified atom stereocenters. The van der Waals surface area contributed by atoms with Gasteiger partial charge in [-0.1, -0.05) is 32.4 Å². The van der Waals surface area contributed by atoms with Crippen molar-refractivity contribution >= 4 is 11.6 Å². The Balaban J connectivity index is 3.58. The Morgan fingerprint density at radius 1 is 1.25 bits per heavy atom. The van der Waals surface area contributed by atoms with Crippen molar-refractivity contribution < 1.29 is 0 Å². The summed E-state index contributed by atoms with van der Waals surface area (Å²) in [7, 11) is 0. The first-order valence-corrected chi connectivity index (χ1v) is 5.38. The molecule has 82 valence electrons. The second-order valence-electron chi connectivity index (χ2n) is 4.65. The molecule has 3 heteroatoms. The van der Waals surface area contributed by atoms with Gasteiger partial charge in [-0.05, 0) is 28.7 Å². The minimum atomic E-state index is -0.192. The molecule has 0 bridgehead atoms. The van der Waals surface area contributed by atoms with Crippen molar-refractivity contribution in [2.75, 3.05) is 0 Å². The fourth-order valence-electron chi connectivity index (χ4n) is 1.82. The topological polar surface area (TPSA) is 47.6 Å². The molecule has 0 saturated carbocycles. The van der Waals surface area contributed by atoms with Gasteiger partial charge in [0.15, 0.2) is 0 Å². The molecule has 0 heterocycles. The van der Waals surface area contributed by atoms with E-state index in [0.717, 1.165) is 11.1 Å². The Bertz CT molecular complexity index is 484. The largest absolute Gasteiger partial charge is 0.198 e. The molecule has 0 amide bonds. The molecule has 0 aliphatic rings. The van der Waals surface area contributed by atoms with Crippen molar-refractivity contribution in [2.45, 2.75) is 32.6 Å². The molecular formula is C13H13ClN2. The second kappa shape index (κ2) is 4.56. The summed E-state index contributed by atoms with van der Waals surface area (Å²) in [5.41, 5.74) is 2.06. The first kappa shape index (κ1) is 12.6. The number of rotatable bonds is 1. The monoisotopic (exact) mass is 232 g/mol. The molecule has 0 N–H and O–H groups in total. The van der Waals surface area contributed by atoms with Crippen LogP contribution in [-0.4, -0.2) is 0 Å². The van der Waals surface area contributed by atoms with E-state index in [0.29, 0.717) is 10.6 Å². The first-order chi connectivity index (χ1) is 7.41. The summed E-state index contributed by atoms with van der Waals surface area (Å²) in [6.45, 7) is 6.04. The van der Waals surface area contributed by atoms with Gasteiger partial charge in [0, 0.05) is 5.02 Å². The molecule has 0 fully saturated rings. The third-order valence-corrected chi connectivity index (χ3v) is 2.74. The van der Waals surface area contributed by atoms with Gasteiger partial charge in [0.1, 0.15) is 0 Å².